The summed E-state index contributed by atoms with van der Waals surface area (Å²) >= 11 is 0. The number of aliphatic imine (C=N–C) groups is 1. The van der Waals surface area contributed by atoms with E-state index >= 15 is 0 Å². The Morgan fingerprint density at radius 3 is 2.54 bits per heavy atom. The number of nitrogens with zero attached hydrogens (tertiary/aromatic N) is 2. The maximum atomic E-state index is 12.0. The normalized spacial score (nSPS) is 11.1. The molecule has 0 aliphatic heterocycles. The highest BCUT2D eigenvalue weighted by Crippen LogP contribution is 2.04. The van der Waals surface area contributed by atoms with Gasteiger partial charge in [-0.15, -0.1) is 0 Å². The molecule has 2 aromatic rings. The number of hydrogen-bond acceptors (Lipinski definition) is 3. The lowest BCUT2D eigenvalue weighted by atomic mass is 10.1. The number of benzene rings is 1. The molecule has 0 radical (unpaired) electrons. The molecule has 0 bridgehead atoms. The van der Waals surface area contributed by atoms with Crippen molar-refractivity contribution in [3.05, 3.63) is 59.8 Å². The monoisotopic (exact) mass is 353 g/mol. The number of pyridine rings is 1. The molecule has 26 heavy (non-hydrogen) atoms. The number of nitrogens with one attached hydrogen (secondary N) is 3. The second kappa shape index (κ2) is 10.9. The van der Waals surface area contributed by atoms with Gasteiger partial charge in [0, 0.05) is 32.3 Å². The van der Waals surface area contributed by atoms with Crippen molar-refractivity contribution in [3.63, 3.8) is 0 Å². The van der Waals surface area contributed by atoms with Gasteiger partial charge in [0.05, 0.1) is 0 Å². The van der Waals surface area contributed by atoms with E-state index in [4.69, 9.17) is 0 Å². The fraction of sp³-hybridized carbons (Fsp3) is 0.350. The average Bonchev–Trinajstić information content (AvgIpc) is 2.64. The summed E-state index contributed by atoms with van der Waals surface area (Å²) in [4.78, 5) is 20.4. The molecule has 0 aliphatic carbocycles. The minimum absolute atomic E-state index is 0.0740. The Bertz CT molecular complexity index is 715. The van der Waals surface area contributed by atoms with Crippen LogP contribution in [-0.2, 0) is 11.2 Å². The molecule has 0 saturated carbocycles. The molecule has 0 fully saturated rings. The molecule has 0 atom stereocenters. The van der Waals surface area contributed by atoms with Crippen molar-refractivity contribution in [2.45, 2.75) is 26.2 Å². The van der Waals surface area contributed by atoms with E-state index in [9.17, 15) is 4.79 Å². The predicted molar refractivity (Wildman–Crippen MR) is 106 cm³/mol. The highest BCUT2D eigenvalue weighted by Gasteiger charge is 2.04. The van der Waals surface area contributed by atoms with Crippen LogP contribution in [0.15, 0.2) is 53.5 Å². The molecule has 1 heterocycles. The molecule has 1 aromatic heterocycles. The van der Waals surface area contributed by atoms with Gasteiger partial charge in [0.25, 0.3) is 0 Å². The number of guanidine groups is 1. The highest BCUT2D eigenvalue weighted by atomic mass is 16.1. The fourth-order valence-corrected chi connectivity index (χ4v) is 2.48. The van der Waals surface area contributed by atoms with Crippen molar-refractivity contribution in [1.82, 2.24) is 15.6 Å². The molecule has 0 aliphatic rings. The molecule has 6 nitrogen and oxygen atoms in total. The molecule has 138 valence electrons. The van der Waals surface area contributed by atoms with E-state index < -0.39 is 0 Å². The molecule has 6 heteroatoms. The van der Waals surface area contributed by atoms with Gasteiger partial charge in [-0.1, -0.05) is 36.4 Å². The first-order valence-electron chi connectivity index (χ1n) is 8.89. The third-order valence-electron chi connectivity index (χ3n) is 3.80. The number of anilines is 1. The topological polar surface area (TPSA) is 78.4 Å². The predicted octanol–water partition coefficient (Wildman–Crippen LogP) is 2.52. The van der Waals surface area contributed by atoms with Gasteiger partial charge < -0.3 is 16.0 Å². The van der Waals surface area contributed by atoms with E-state index in [1.165, 1.54) is 5.56 Å². The number of carbonyl (C=O) groups excluding carboxylic acids is 1. The Morgan fingerprint density at radius 1 is 1.04 bits per heavy atom. The molecule has 0 saturated heterocycles. The van der Waals surface area contributed by atoms with Gasteiger partial charge in [0.15, 0.2) is 5.96 Å². The average molecular weight is 353 g/mol. The van der Waals surface area contributed by atoms with Crippen LogP contribution < -0.4 is 16.0 Å². The summed E-state index contributed by atoms with van der Waals surface area (Å²) in [6.07, 6.45) is 2.39. The van der Waals surface area contributed by atoms with Gasteiger partial charge in [0.1, 0.15) is 5.82 Å². The number of rotatable bonds is 8. The van der Waals surface area contributed by atoms with Crippen molar-refractivity contribution >= 4 is 17.7 Å². The molecule has 3 N–H and O–H groups in total. The zero-order chi connectivity index (χ0) is 18.6. The maximum Gasteiger partial charge on any atom is 0.227 e. The van der Waals surface area contributed by atoms with E-state index in [-0.39, 0.29) is 5.91 Å². The Balaban J connectivity index is 1.61. The molecule has 0 spiro atoms. The lowest BCUT2D eigenvalue weighted by Crippen LogP contribution is -2.39. The largest absolute Gasteiger partial charge is 0.356 e. The van der Waals surface area contributed by atoms with Crippen LogP contribution in [0, 0.1) is 6.92 Å². The van der Waals surface area contributed by atoms with E-state index in [0.717, 1.165) is 25.1 Å². The second-order valence-electron chi connectivity index (χ2n) is 5.98. The van der Waals surface area contributed by atoms with Crippen molar-refractivity contribution in [2.75, 3.05) is 25.5 Å². The van der Waals surface area contributed by atoms with E-state index in [1.807, 2.05) is 25.1 Å². The van der Waals surface area contributed by atoms with Gasteiger partial charge in [-0.05, 0) is 37.5 Å². The molecular formula is C20H27N5O. The molecule has 1 amide bonds. The zero-order valence-corrected chi connectivity index (χ0v) is 15.5. The number of aryl methyl sites for hydroxylation is 2. The summed E-state index contributed by atoms with van der Waals surface area (Å²) in [5, 5.41) is 9.21. The summed E-state index contributed by atoms with van der Waals surface area (Å²) in [5.74, 6) is 1.22. The van der Waals surface area contributed by atoms with Crippen LogP contribution in [0.5, 0.6) is 0 Å². The summed E-state index contributed by atoms with van der Waals surface area (Å²) in [6.45, 7) is 3.23. The standard InChI is InChI=1S/C20H27N5O/c1-16-8-6-12-18(24-16)25-19(26)13-15-23-20(21-2)22-14-7-11-17-9-4-3-5-10-17/h3-6,8-10,12H,7,11,13-15H2,1-2H3,(H2,21,22,23)(H,24,25,26). The van der Waals surface area contributed by atoms with Crippen LogP contribution >= 0.6 is 0 Å². The Hall–Kier alpha value is -2.89. The molecule has 0 unspecified atom stereocenters. The van der Waals surface area contributed by atoms with Gasteiger partial charge in [-0.3, -0.25) is 9.79 Å². The third-order valence-corrected chi connectivity index (χ3v) is 3.80. The van der Waals surface area contributed by atoms with Crippen molar-refractivity contribution in [2.24, 2.45) is 4.99 Å². The summed E-state index contributed by atoms with van der Waals surface area (Å²) in [7, 11) is 1.73. The zero-order valence-electron chi connectivity index (χ0n) is 15.5. The summed E-state index contributed by atoms with van der Waals surface area (Å²) in [5.41, 5.74) is 2.21. The van der Waals surface area contributed by atoms with Gasteiger partial charge in [-0.2, -0.15) is 0 Å². The summed E-state index contributed by atoms with van der Waals surface area (Å²) < 4.78 is 0. The number of carbonyl (C=O) groups is 1. The highest BCUT2D eigenvalue weighted by molar-refractivity contribution is 5.90. The fourth-order valence-electron chi connectivity index (χ4n) is 2.48. The first-order chi connectivity index (χ1) is 12.7. The Kier molecular flexibility index (Phi) is 8.12. The van der Waals surface area contributed by atoms with Gasteiger partial charge >= 0.3 is 0 Å². The first kappa shape index (κ1) is 19.4. The van der Waals surface area contributed by atoms with Gasteiger partial charge in [-0.25, -0.2) is 4.98 Å². The molecule has 2 rings (SSSR count). The van der Waals surface area contributed by atoms with Crippen LogP contribution in [0.1, 0.15) is 24.1 Å². The lowest BCUT2D eigenvalue weighted by molar-refractivity contribution is -0.116. The van der Waals surface area contributed by atoms with Crippen LogP contribution in [0.2, 0.25) is 0 Å². The van der Waals surface area contributed by atoms with Crippen LogP contribution in [0.4, 0.5) is 5.82 Å². The third kappa shape index (κ3) is 7.34. The Morgan fingerprint density at radius 2 is 1.81 bits per heavy atom. The first-order valence-corrected chi connectivity index (χ1v) is 8.89. The van der Waals surface area contributed by atoms with Crippen molar-refractivity contribution < 1.29 is 4.79 Å². The van der Waals surface area contributed by atoms with Crippen molar-refractivity contribution in [1.29, 1.82) is 0 Å². The van der Waals surface area contributed by atoms with Crippen LogP contribution in [0.3, 0.4) is 0 Å². The SMILES string of the molecule is CN=C(NCCCc1ccccc1)NCCC(=O)Nc1cccc(C)n1. The molecule has 1 aromatic carbocycles. The smallest absolute Gasteiger partial charge is 0.227 e. The minimum atomic E-state index is -0.0740. The van der Waals surface area contributed by atoms with Crippen molar-refractivity contribution in [3.8, 4) is 0 Å². The quantitative estimate of drug-likeness (QED) is 0.387. The number of hydrogen-bond donors (Lipinski definition) is 3. The van der Waals surface area contributed by atoms with E-state index in [1.54, 1.807) is 13.1 Å². The lowest BCUT2D eigenvalue weighted by Gasteiger charge is -2.12. The van der Waals surface area contributed by atoms with Crippen LogP contribution in [0.25, 0.3) is 0 Å². The number of aromatic nitrogens is 1. The van der Waals surface area contributed by atoms with Gasteiger partial charge in [0.2, 0.25) is 5.91 Å². The Labute approximate surface area is 155 Å². The second-order valence-corrected chi connectivity index (χ2v) is 5.98. The summed E-state index contributed by atoms with van der Waals surface area (Å²) in [6, 6.07) is 16.0. The van der Waals surface area contributed by atoms with E-state index in [2.05, 4.69) is 50.2 Å². The van der Waals surface area contributed by atoms with Crippen LogP contribution in [-0.4, -0.2) is 37.0 Å². The molecular weight excluding hydrogens is 326 g/mol. The van der Waals surface area contributed by atoms with E-state index in [0.29, 0.717) is 24.7 Å². The maximum absolute atomic E-state index is 12.0. The number of amides is 1. The minimum Gasteiger partial charge on any atom is -0.356 e.